The van der Waals surface area contributed by atoms with E-state index in [9.17, 15) is 4.39 Å². The molecule has 1 saturated heterocycles. The van der Waals surface area contributed by atoms with Gasteiger partial charge in [-0.2, -0.15) is 0 Å². The molecule has 0 spiro atoms. The monoisotopic (exact) mass is 277 g/mol. The Bertz CT molecular complexity index is 429. The number of rotatable bonds is 3. The molecule has 2 N–H and O–H groups in total. The number of nitrogen functional groups attached to an aromatic ring is 1. The second-order valence-corrected chi connectivity index (χ2v) is 6.06. The molecule has 0 radical (unpaired) electrons. The quantitative estimate of drug-likeness (QED) is 0.862. The molecule has 0 bridgehead atoms. The Morgan fingerprint density at radius 2 is 1.80 bits per heavy atom. The van der Waals surface area contributed by atoms with Gasteiger partial charge in [-0.3, -0.25) is 9.80 Å². The number of piperazine rings is 1. The fourth-order valence-electron chi connectivity index (χ4n) is 3.52. The van der Waals surface area contributed by atoms with E-state index in [4.69, 9.17) is 5.73 Å². The lowest BCUT2D eigenvalue weighted by Crippen LogP contribution is -2.49. The summed E-state index contributed by atoms with van der Waals surface area (Å²) in [4.78, 5) is 4.94. The van der Waals surface area contributed by atoms with Crippen molar-refractivity contribution in [3.63, 3.8) is 0 Å². The van der Waals surface area contributed by atoms with Gasteiger partial charge >= 0.3 is 0 Å². The average Bonchev–Trinajstić information content (AvgIpc) is 2.98. The van der Waals surface area contributed by atoms with Gasteiger partial charge in [0, 0.05) is 50.0 Å². The van der Waals surface area contributed by atoms with E-state index >= 15 is 0 Å². The predicted molar refractivity (Wildman–Crippen MR) is 79.9 cm³/mol. The lowest BCUT2D eigenvalue weighted by atomic mass is 10.1. The molecule has 2 aliphatic rings. The third-order valence-corrected chi connectivity index (χ3v) is 4.78. The van der Waals surface area contributed by atoms with E-state index in [0.29, 0.717) is 17.8 Å². The molecular formula is C16H24FN3. The molecule has 0 amide bonds. The third kappa shape index (κ3) is 2.96. The second kappa shape index (κ2) is 6.10. The summed E-state index contributed by atoms with van der Waals surface area (Å²) < 4.78 is 13.8. The minimum atomic E-state index is -0.178. The maximum atomic E-state index is 13.8. The van der Waals surface area contributed by atoms with Gasteiger partial charge in [0.25, 0.3) is 0 Å². The van der Waals surface area contributed by atoms with Gasteiger partial charge in [-0.05, 0) is 25.0 Å². The van der Waals surface area contributed by atoms with E-state index in [1.165, 1.54) is 31.7 Å². The Morgan fingerprint density at radius 3 is 2.45 bits per heavy atom. The SMILES string of the molecule is Nc1cccc(F)c1CN1CCN(C2CCCC2)CC1. The summed E-state index contributed by atoms with van der Waals surface area (Å²) >= 11 is 0. The normalized spacial score (nSPS) is 22.4. The minimum absolute atomic E-state index is 0.178. The topological polar surface area (TPSA) is 32.5 Å². The molecule has 1 saturated carbocycles. The van der Waals surface area contributed by atoms with Crippen LogP contribution in [0.3, 0.4) is 0 Å². The molecule has 1 aliphatic heterocycles. The van der Waals surface area contributed by atoms with Crippen LogP contribution >= 0.6 is 0 Å². The Kier molecular flexibility index (Phi) is 4.22. The molecule has 1 aromatic carbocycles. The molecule has 2 fully saturated rings. The summed E-state index contributed by atoms with van der Waals surface area (Å²) in [7, 11) is 0. The van der Waals surface area contributed by atoms with Crippen LogP contribution in [0.4, 0.5) is 10.1 Å². The fourth-order valence-corrected chi connectivity index (χ4v) is 3.52. The van der Waals surface area contributed by atoms with Gasteiger partial charge in [0.2, 0.25) is 0 Å². The Morgan fingerprint density at radius 1 is 1.10 bits per heavy atom. The lowest BCUT2D eigenvalue weighted by molar-refractivity contribution is 0.0931. The molecule has 1 aromatic rings. The van der Waals surface area contributed by atoms with Gasteiger partial charge in [-0.15, -0.1) is 0 Å². The van der Waals surface area contributed by atoms with Crippen LogP contribution < -0.4 is 5.73 Å². The van der Waals surface area contributed by atoms with Crippen LogP contribution in [0.25, 0.3) is 0 Å². The first-order valence-corrected chi connectivity index (χ1v) is 7.73. The van der Waals surface area contributed by atoms with Crippen molar-refractivity contribution < 1.29 is 4.39 Å². The summed E-state index contributed by atoms with van der Waals surface area (Å²) in [5.41, 5.74) is 7.12. The van der Waals surface area contributed by atoms with Gasteiger partial charge in [0.15, 0.2) is 0 Å². The van der Waals surface area contributed by atoms with Crippen LogP contribution in [-0.2, 0) is 6.54 Å². The van der Waals surface area contributed by atoms with Crippen LogP contribution in [0, 0.1) is 5.82 Å². The first kappa shape index (κ1) is 13.8. The molecule has 3 rings (SSSR count). The Hall–Kier alpha value is -1.13. The van der Waals surface area contributed by atoms with Crippen LogP contribution in [0.5, 0.6) is 0 Å². The van der Waals surface area contributed by atoms with Crippen molar-refractivity contribution in [2.24, 2.45) is 0 Å². The molecule has 0 unspecified atom stereocenters. The smallest absolute Gasteiger partial charge is 0.129 e. The van der Waals surface area contributed by atoms with Crippen molar-refractivity contribution in [1.82, 2.24) is 9.80 Å². The zero-order chi connectivity index (χ0) is 13.9. The summed E-state index contributed by atoms with van der Waals surface area (Å²) in [5.74, 6) is -0.178. The molecule has 1 aliphatic carbocycles. The maximum absolute atomic E-state index is 13.8. The molecule has 3 nitrogen and oxygen atoms in total. The Labute approximate surface area is 120 Å². The number of benzene rings is 1. The van der Waals surface area contributed by atoms with E-state index in [-0.39, 0.29) is 5.82 Å². The zero-order valence-electron chi connectivity index (χ0n) is 12.0. The molecule has 1 heterocycles. The fraction of sp³-hybridized carbons (Fsp3) is 0.625. The van der Waals surface area contributed by atoms with Crippen molar-refractivity contribution in [3.8, 4) is 0 Å². The minimum Gasteiger partial charge on any atom is -0.398 e. The van der Waals surface area contributed by atoms with E-state index in [2.05, 4.69) is 9.80 Å². The molecule has 4 heteroatoms. The number of hydrogen-bond donors (Lipinski definition) is 1. The van der Waals surface area contributed by atoms with Gasteiger partial charge in [-0.25, -0.2) is 4.39 Å². The van der Waals surface area contributed by atoms with Crippen LogP contribution in [0.15, 0.2) is 18.2 Å². The van der Waals surface area contributed by atoms with E-state index in [1.54, 1.807) is 12.1 Å². The summed E-state index contributed by atoms with van der Waals surface area (Å²) in [6.45, 7) is 4.89. The standard InChI is InChI=1S/C16H24FN3/c17-15-6-3-7-16(18)14(15)12-19-8-10-20(11-9-19)13-4-1-2-5-13/h3,6-7,13H,1-2,4-5,8-12,18H2. The highest BCUT2D eigenvalue weighted by atomic mass is 19.1. The average molecular weight is 277 g/mol. The second-order valence-electron chi connectivity index (χ2n) is 6.06. The molecule has 110 valence electrons. The van der Waals surface area contributed by atoms with Crippen molar-refractivity contribution in [2.45, 2.75) is 38.3 Å². The van der Waals surface area contributed by atoms with E-state index < -0.39 is 0 Å². The highest BCUT2D eigenvalue weighted by Crippen LogP contribution is 2.25. The number of halogens is 1. The van der Waals surface area contributed by atoms with Crippen molar-refractivity contribution in [3.05, 3.63) is 29.6 Å². The van der Waals surface area contributed by atoms with Crippen molar-refractivity contribution >= 4 is 5.69 Å². The first-order chi connectivity index (χ1) is 9.74. The van der Waals surface area contributed by atoms with Crippen LogP contribution in [-0.4, -0.2) is 42.0 Å². The molecule has 20 heavy (non-hydrogen) atoms. The van der Waals surface area contributed by atoms with Gasteiger partial charge in [0.1, 0.15) is 5.82 Å². The first-order valence-electron chi connectivity index (χ1n) is 7.73. The maximum Gasteiger partial charge on any atom is 0.129 e. The number of nitrogens with zero attached hydrogens (tertiary/aromatic N) is 2. The van der Waals surface area contributed by atoms with Crippen LogP contribution in [0.1, 0.15) is 31.2 Å². The van der Waals surface area contributed by atoms with Crippen LogP contribution in [0.2, 0.25) is 0 Å². The predicted octanol–water partition coefficient (Wildman–Crippen LogP) is 2.47. The molecular weight excluding hydrogens is 253 g/mol. The number of hydrogen-bond acceptors (Lipinski definition) is 3. The highest BCUT2D eigenvalue weighted by Gasteiger charge is 2.26. The largest absolute Gasteiger partial charge is 0.398 e. The van der Waals surface area contributed by atoms with Crippen molar-refractivity contribution in [2.75, 3.05) is 31.9 Å². The van der Waals surface area contributed by atoms with E-state index in [1.807, 2.05) is 0 Å². The third-order valence-electron chi connectivity index (χ3n) is 4.78. The number of nitrogens with two attached hydrogens (primary N) is 1. The van der Waals surface area contributed by atoms with Gasteiger partial charge < -0.3 is 5.73 Å². The molecule has 0 aromatic heterocycles. The highest BCUT2D eigenvalue weighted by molar-refractivity contribution is 5.47. The van der Waals surface area contributed by atoms with E-state index in [0.717, 1.165) is 32.2 Å². The lowest BCUT2D eigenvalue weighted by Gasteiger charge is -2.38. The summed E-state index contributed by atoms with van der Waals surface area (Å²) in [6.07, 6.45) is 5.49. The zero-order valence-corrected chi connectivity index (χ0v) is 12.0. The van der Waals surface area contributed by atoms with Gasteiger partial charge in [-0.1, -0.05) is 18.9 Å². The van der Waals surface area contributed by atoms with Crippen molar-refractivity contribution in [1.29, 1.82) is 0 Å². The molecule has 0 atom stereocenters. The van der Waals surface area contributed by atoms with Gasteiger partial charge in [0.05, 0.1) is 0 Å². The summed E-state index contributed by atoms with van der Waals surface area (Å²) in [6, 6.07) is 5.76. The Balaban J connectivity index is 1.56. The summed E-state index contributed by atoms with van der Waals surface area (Å²) in [5, 5.41) is 0. The number of anilines is 1.